The number of phenols is 2. The summed E-state index contributed by atoms with van der Waals surface area (Å²) in [6, 6.07) is 18.0. The van der Waals surface area contributed by atoms with Crippen LogP contribution in [0.3, 0.4) is 0 Å². The highest BCUT2D eigenvalue weighted by Crippen LogP contribution is 2.27. The summed E-state index contributed by atoms with van der Waals surface area (Å²) in [5.74, 6) is -1.80. The van der Waals surface area contributed by atoms with Crippen LogP contribution in [-0.4, -0.2) is 68.8 Å². The maximum absolute atomic E-state index is 14.9. The number of carbonyl (C=O) groups excluding carboxylic acids is 4. The van der Waals surface area contributed by atoms with Crippen molar-refractivity contribution in [3.05, 3.63) is 95.6 Å². The van der Waals surface area contributed by atoms with E-state index in [0.717, 1.165) is 31.2 Å². The number of ether oxygens (including phenoxy) is 2. The van der Waals surface area contributed by atoms with Gasteiger partial charge in [-0.2, -0.15) is 0 Å². The number of nitrogens with zero attached hydrogens (tertiary/aromatic N) is 1. The van der Waals surface area contributed by atoms with Crippen LogP contribution in [0.5, 0.6) is 11.5 Å². The van der Waals surface area contributed by atoms with Crippen LogP contribution in [0, 0.1) is 0 Å². The molecule has 53 heavy (non-hydrogen) atoms. The van der Waals surface area contributed by atoms with E-state index in [9.17, 15) is 29.4 Å². The van der Waals surface area contributed by atoms with Crippen molar-refractivity contribution in [3.8, 4) is 11.5 Å². The SMILES string of the molecule is CCCCCCCN(C(=O)C(Cc1ccc(O)cc1)NC(=O)OC(C)(C)C)C(C(=O)NC(Cc1ccccc1)C(=O)OC(C)(C)C)c1ccc(O)cc1. The van der Waals surface area contributed by atoms with E-state index < -0.39 is 53.2 Å². The predicted octanol–water partition coefficient (Wildman–Crippen LogP) is 7.14. The molecule has 0 aliphatic heterocycles. The Bertz CT molecular complexity index is 1610. The fraction of sp³-hybridized carbons (Fsp3) is 0.476. The Labute approximate surface area is 314 Å². The van der Waals surface area contributed by atoms with Gasteiger partial charge in [0, 0.05) is 19.4 Å². The van der Waals surface area contributed by atoms with Crippen LogP contribution in [0.4, 0.5) is 4.79 Å². The first kappa shape index (κ1) is 42.4. The monoisotopic (exact) mass is 731 g/mol. The van der Waals surface area contributed by atoms with Gasteiger partial charge in [0.1, 0.15) is 40.8 Å². The van der Waals surface area contributed by atoms with Crippen LogP contribution in [0.25, 0.3) is 0 Å². The number of nitrogens with one attached hydrogen (secondary N) is 2. The molecule has 3 unspecified atom stereocenters. The first-order valence-electron chi connectivity index (χ1n) is 18.4. The van der Waals surface area contributed by atoms with Crippen LogP contribution < -0.4 is 10.6 Å². The summed E-state index contributed by atoms with van der Waals surface area (Å²) in [6.07, 6.45) is 3.67. The number of alkyl carbamates (subject to hydrolysis) is 1. The van der Waals surface area contributed by atoms with E-state index in [0.29, 0.717) is 17.5 Å². The highest BCUT2D eigenvalue weighted by Gasteiger charge is 2.38. The summed E-state index contributed by atoms with van der Waals surface area (Å²) in [4.78, 5) is 57.8. The highest BCUT2D eigenvalue weighted by atomic mass is 16.6. The van der Waals surface area contributed by atoms with Gasteiger partial charge in [0.15, 0.2) is 0 Å². The molecule has 0 aliphatic rings. The zero-order chi connectivity index (χ0) is 39.2. The number of phenolic OH excluding ortho intramolecular Hbond substituents is 2. The van der Waals surface area contributed by atoms with Crippen LogP contribution in [0.2, 0.25) is 0 Å². The number of carbonyl (C=O) groups is 4. The second kappa shape index (κ2) is 19.7. The minimum absolute atomic E-state index is 0.0298. The van der Waals surface area contributed by atoms with Crippen molar-refractivity contribution in [1.29, 1.82) is 0 Å². The van der Waals surface area contributed by atoms with E-state index in [4.69, 9.17) is 9.47 Å². The topological polar surface area (TPSA) is 154 Å². The van der Waals surface area contributed by atoms with Crippen LogP contribution in [-0.2, 0) is 36.7 Å². The maximum Gasteiger partial charge on any atom is 0.408 e. The Hall–Kier alpha value is -5.06. The van der Waals surface area contributed by atoms with E-state index >= 15 is 0 Å². The minimum Gasteiger partial charge on any atom is -0.508 e. The summed E-state index contributed by atoms with van der Waals surface area (Å²) in [6.45, 7) is 12.6. The van der Waals surface area contributed by atoms with Gasteiger partial charge in [0.2, 0.25) is 11.8 Å². The average Bonchev–Trinajstić information content (AvgIpc) is 3.07. The molecule has 3 rings (SSSR count). The lowest BCUT2D eigenvalue weighted by Gasteiger charge is -2.35. The molecule has 11 heteroatoms. The molecule has 3 aromatic rings. The quantitative estimate of drug-likeness (QED) is 0.0844. The molecular formula is C42H57N3O8. The van der Waals surface area contributed by atoms with Crippen molar-refractivity contribution in [2.45, 2.75) is 123 Å². The van der Waals surface area contributed by atoms with Gasteiger partial charge in [-0.15, -0.1) is 0 Å². The van der Waals surface area contributed by atoms with Gasteiger partial charge in [-0.3, -0.25) is 9.59 Å². The summed E-state index contributed by atoms with van der Waals surface area (Å²) in [7, 11) is 0. The maximum atomic E-state index is 14.9. The minimum atomic E-state index is -1.27. The first-order chi connectivity index (χ1) is 25.0. The van der Waals surface area contributed by atoms with Crippen molar-refractivity contribution in [2.75, 3.05) is 6.54 Å². The number of benzene rings is 3. The molecule has 11 nitrogen and oxygen atoms in total. The Kier molecular flexibility index (Phi) is 15.7. The van der Waals surface area contributed by atoms with Gasteiger partial charge in [-0.1, -0.05) is 87.2 Å². The summed E-state index contributed by atoms with van der Waals surface area (Å²) >= 11 is 0. The third-order valence-electron chi connectivity index (χ3n) is 8.21. The van der Waals surface area contributed by atoms with Crippen molar-refractivity contribution >= 4 is 23.9 Å². The van der Waals surface area contributed by atoms with Gasteiger partial charge in [0.25, 0.3) is 0 Å². The number of aromatic hydroxyl groups is 2. The molecule has 0 aromatic heterocycles. The molecule has 0 saturated heterocycles. The largest absolute Gasteiger partial charge is 0.508 e. The van der Waals surface area contributed by atoms with Gasteiger partial charge in [-0.05, 0) is 88.9 Å². The Morgan fingerprint density at radius 2 is 1.19 bits per heavy atom. The van der Waals surface area contributed by atoms with Crippen LogP contribution in [0.15, 0.2) is 78.9 Å². The number of rotatable bonds is 17. The van der Waals surface area contributed by atoms with Gasteiger partial charge >= 0.3 is 12.1 Å². The number of hydrogen-bond acceptors (Lipinski definition) is 8. The molecule has 3 aromatic carbocycles. The molecule has 0 radical (unpaired) electrons. The molecule has 288 valence electrons. The second-order valence-corrected chi connectivity index (χ2v) is 15.3. The zero-order valence-electron chi connectivity index (χ0n) is 32.2. The number of amides is 3. The molecule has 4 N–H and O–H groups in total. The molecule has 0 heterocycles. The lowest BCUT2D eigenvalue weighted by atomic mass is 9.98. The van der Waals surface area contributed by atoms with Crippen LogP contribution >= 0.6 is 0 Å². The summed E-state index contributed by atoms with van der Waals surface area (Å²) in [5.41, 5.74) is 0.162. The van der Waals surface area contributed by atoms with Crippen molar-refractivity contribution < 1.29 is 38.9 Å². The lowest BCUT2D eigenvalue weighted by Crippen LogP contribution is -2.55. The second-order valence-electron chi connectivity index (χ2n) is 15.3. The summed E-state index contributed by atoms with van der Waals surface area (Å²) in [5, 5.41) is 25.7. The predicted molar refractivity (Wildman–Crippen MR) is 204 cm³/mol. The molecule has 3 amide bonds. The summed E-state index contributed by atoms with van der Waals surface area (Å²) < 4.78 is 11.3. The fourth-order valence-electron chi connectivity index (χ4n) is 5.77. The molecule has 3 atom stereocenters. The average molecular weight is 732 g/mol. The van der Waals surface area contributed by atoms with E-state index in [1.165, 1.54) is 29.2 Å². The van der Waals surface area contributed by atoms with Crippen molar-refractivity contribution in [3.63, 3.8) is 0 Å². The third-order valence-corrected chi connectivity index (χ3v) is 8.21. The van der Waals surface area contributed by atoms with Crippen molar-refractivity contribution in [2.24, 2.45) is 0 Å². The van der Waals surface area contributed by atoms with E-state index in [1.54, 1.807) is 65.8 Å². The van der Waals surface area contributed by atoms with Gasteiger partial charge < -0.3 is 35.2 Å². The standard InChI is InChI=1S/C42H57N3O8/c1-8-9-10-11-15-26-45(38(49)34(44-40(51)53-42(5,6)7)27-30-18-22-32(46)23-19-30)36(31-20-24-33(47)25-21-31)37(48)43-35(39(50)52-41(2,3)4)28-29-16-13-12-14-17-29/h12-14,16-25,34-36,46-47H,8-11,15,26-28H2,1-7H3,(H,43,48)(H,44,51). The molecule has 0 saturated carbocycles. The fourth-order valence-corrected chi connectivity index (χ4v) is 5.77. The molecule has 0 aliphatic carbocycles. The zero-order valence-corrected chi connectivity index (χ0v) is 32.2. The first-order valence-corrected chi connectivity index (χ1v) is 18.4. The van der Waals surface area contributed by atoms with E-state index in [2.05, 4.69) is 17.6 Å². The Balaban J connectivity index is 2.12. The van der Waals surface area contributed by atoms with E-state index in [-0.39, 0.29) is 30.9 Å². The van der Waals surface area contributed by atoms with Gasteiger partial charge in [-0.25, -0.2) is 9.59 Å². The molecule has 0 fully saturated rings. The van der Waals surface area contributed by atoms with Crippen LogP contribution in [0.1, 0.15) is 103 Å². The normalized spacial score (nSPS) is 13.3. The Morgan fingerprint density at radius 3 is 1.75 bits per heavy atom. The number of unbranched alkanes of at least 4 members (excludes halogenated alkanes) is 4. The number of esters is 1. The smallest absolute Gasteiger partial charge is 0.408 e. The Morgan fingerprint density at radius 1 is 0.660 bits per heavy atom. The lowest BCUT2D eigenvalue weighted by molar-refractivity contribution is -0.159. The molecular weight excluding hydrogens is 674 g/mol. The number of hydrogen-bond donors (Lipinski definition) is 4. The molecule has 0 spiro atoms. The highest BCUT2D eigenvalue weighted by molar-refractivity contribution is 5.94. The van der Waals surface area contributed by atoms with E-state index in [1.807, 2.05) is 30.3 Å². The molecule has 0 bridgehead atoms. The third kappa shape index (κ3) is 14.8. The van der Waals surface area contributed by atoms with Crippen molar-refractivity contribution in [1.82, 2.24) is 15.5 Å². The van der Waals surface area contributed by atoms with Gasteiger partial charge in [0.05, 0.1) is 0 Å².